The predicted octanol–water partition coefficient (Wildman–Crippen LogP) is 6.69. The molecule has 0 heterocycles. The van der Waals surface area contributed by atoms with Gasteiger partial charge in [0.25, 0.3) is 0 Å². The first-order valence-corrected chi connectivity index (χ1v) is 8.33. The van der Waals surface area contributed by atoms with Gasteiger partial charge in [0.15, 0.2) is 0 Å². The Morgan fingerprint density at radius 2 is 2.00 bits per heavy atom. The van der Waals surface area contributed by atoms with Gasteiger partial charge in [-0.15, -0.1) is 0 Å². The molecule has 0 amide bonds. The highest BCUT2D eigenvalue weighted by Crippen LogP contribution is 2.39. The van der Waals surface area contributed by atoms with Crippen molar-refractivity contribution in [1.29, 1.82) is 0 Å². The van der Waals surface area contributed by atoms with E-state index in [2.05, 4.69) is 57.7 Å². The van der Waals surface area contributed by atoms with Crippen LogP contribution in [0.3, 0.4) is 0 Å². The Bertz CT molecular complexity index is 529. The topological polar surface area (TPSA) is 0 Å². The highest BCUT2D eigenvalue weighted by atomic mass is 14.3. The summed E-state index contributed by atoms with van der Waals surface area (Å²) in [6, 6.07) is 6.76. The lowest BCUT2D eigenvalue weighted by molar-refractivity contribution is 0.660. The molecule has 0 saturated heterocycles. The van der Waals surface area contributed by atoms with Crippen molar-refractivity contribution in [2.24, 2.45) is 0 Å². The van der Waals surface area contributed by atoms with E-state index >= 15 is 0 Å². The summed E-state index contributed by atoms with van der Waals surface area (Å²) in [7, 11) is 0. The molecule has 1 atom stereocenters. The largest absolute Gasteiger partial charge is 0.0988 e. The molecule has 21 heavy (non-hydrogen) atoms. The Balaban J connectivity index is 0.00000106. The first kappa shape index (κ1) is 17.5. The summed E-state index contributed by atoms with van der Waals surface area (Å²) in [4.78, 5) is 0. The fourth-order valence-corrected chi connectivity index (χ4v) is 3.11. The van der Waals surface area contributed by atoms with Crippen LogP contribution in [0.2, 0.25) is 0 Å². The molecule has 0 aliphatic heterocycles. The van der Waals surface area contributed by atoms with Gasteiger partial charge >= 0.3 is 0 Å². The molecule has 0 heteroatoms. The van der Waals surface area contributed by atoms with Gasteiger partial charge in [0.1, 0.15) is 0 Å². The van der Waals surface area contributed by atoms with E-state index in [4.69, 9.17) is 0 Å². The fraction of sp³-hybridized carbons (Fsp3) is 0.429. The van der Waals surface area contributed by atoms with Gasteiger partial charge in [-0.2, -0.15) is 0 Å². The molecule has 1 aliphatic rings. The highest BCUT2D eigenvalue weighted by molar-refractivity contribution is 5.85. The number of benzene rings is 1. The van der Waals surface area contributed by atoms with Crippen molar-refractivity contribution in [3.63, 3.8) is 0 Å². The molecule has 0 radical (unpaired) electrons. The maximum atomic E-state index is 3.98. The minimum absolute atomic E-state index is 0.649. The molecule has 1 unspecified atom stereocenters. The smallest absolute Gasteiger partial charge is 0.00108 e. The monoisotopic (exact) mass is 282 g/mol. The van der Waals surface area contributed by atoms with Crippen LogP contribution >= 0.6 is 0 Å². The minimum atomic E-state index is 0.649. The van der Waals surface area contributed by atoms with Crippen molar-refractivity contribution >= 4 is 5.57 Å². The van der Waals surface area contributed by atoms with E-state index in [1.807, 2.05) is 19.9 Å². The highest BCUT2D eigenvalue weighted by Gasteiger charge is 2.22. The number of hydrogen-bond acceptors (Lipinski definition) is 0. The second-order valence-corrected chi connectivity index (χ2v) is 5.38. The van der Waals surface area contributed by atoms with Gasteiger partial charge in [-0.25, -0.2) is 0 Å². The summed E-state index contributed by atoms with van der Waals surface area (Å²) in [6.45, 7) is 14.7. The second-order valence-electron chi connectivity index (χ2n) is 5.38. The molecular formula is C21H30. The first-order valence-electron chi connectivity index (χ1n) is 8.33. The minimum Gasteiger partial charge on any atom is -0.0988 e. The van der Waals surface area contributed by atoms with Crippen LogP contribution in [0, 0.1) is 0 Å². The number of allylic oxidation sites excluding steroid dienone is 5. The third-order valence-corrected chi connectivity index (χ3v) is 4.05. The Labute approximate surface area is 131 Å². The van der Waals surface area contributed by atoms with E-state index in [9.17, 15) is 0 Å². The average Bonchev–Trinajstić information content (AvgIpc) is 2.88. The van der Waals surface area contributed by atoms with Crippen LogP contribution in [-0.4, -0.2) is 0 Å². The van der Waals surface area contributed by atoms with Gasteiger partial charge in [0, 0.05) is 0 Å². The van der Waals surface area contributed by atoms with Crippen molar-refractivity contribution in [2.75, 3.05) is 0 Å². The zero-order valence-corrected chi connectivity index (χ0v) is 14.4. The molecular weight excluding hydrogens is 252 g/mol. The van der Waals surface area contributed by atoms with Crippen molar-refractivity contribution in [2.45, 2.75) is 59.8 Å². The summed E-state index contributed by atoms with van der Waals surface area (Å²) >= 11 is 0. The molecule has 1 aromatic carbocycles. The summed E-state index contributed by atoms with van der Waals surface area (Å²) in [5.41, 5.74) is 7.18. The Morgan fingerprint density at radius 3 is 2.57 bits per heavy atom. The van der Waals surface area contributed by atoms with Crippen LogP contribution in [0.1, 0.15) is 70.1 Å². The fourth-order valence-electron chi connectivity index (χ4n) is 3.11. The molecule has 0 bridgehead atoms. The molecule has 0 spiro atoms. The number of fused-ring (bicyclic) bond motifs is 1. The Morgan fingerprint density at radius 1 is 1.29 bits per heavy atom. The van der Waals surface area contributed by atoms with Gasteiger partial charge in [0.05, 0.1) is 0 Å². The van der Waals surface area contributed by atoms with E-state index in [1.165, 1.54) is 40.7 Å². The third-order valence-electron chi connectivity index (χ3n) is 4.05. The van der Waals surface area contributed by atoms with Crippen molar-refractivity contribution in [1.82, 2.24) is 0 Å². The molecule has 114 valence electrons. The quantitative estimate of drug-likeness (QED) is 0.564. The summed E-state index contributed by atoms with van der Waals surface area (Å²) in [5, 5.41) is 0. The summed E-state index contributed by atoms with van der Waals surface area (Å²) < 4.78 is 0. The third kappa shape index (κ3) is 3.75. The zero-order valence-electron chi connectivity index (χ0n) is 14.4. The van der Waals surface area contributed by atoms with Gasteiger partial charge in [-0.05, 0) is 53.5 Å². The molecule has 0 N–H and O–H groups in total. The van der Waals surface area contributed by atoms with E-state index in [0.717, 1.165) is 6.42 Å². The molecule has 1 aromatic rings. The van der Waals surface area contributed by atoms with Crippen molar-refractivity contribution in [3.05, 3.63) is 65.3 Å². The second kappa shape index (κ2) is 8.67. The van der Waals surface area contributed by atoms with Gasteiger partial charge < -0.3 is 0 Å². The Hall–Kier alpha value is -1.56. The predicted molar refractivity (Wildman–Crippen MR) is 96.7 cm³/mol. The van der Waals surface area contributed by atoms with Crippen LogP contribution in [-0.2, 0) is 6.42 Å². The lowest BCUT2D eigenvalue weighted by Gasteiger charge is -2.16. The molecule has 0 fully saturated rings. The average molecular weight is 282 g/mol. The molecule has 2 rings (SSSR count). The van der Waals surface area contributed by atoms with Crippen LogP contribution < -0.4 is 0 Å². The lowest BCUT2D eigenvalue weighted by Crippen LogP contribution is -1.99. The van der Waals surface area contributed by atoms with Crippen LogP contribution in [0.5, 0.6) is 0 Å². The molecule has 0 nitrogen and oxygen atoms in total. The summed E-state index contributed by atoms with van der Waals surface area (Å²) in [6.07, 6.45) is 9.91. The normalized spacial score (nSPS) is 14.7. The van der Waals surface area contributed by atoms with E-state index in [-0.39, 0.29) is 0 Å². The molecule has 0 aromatic heterocycles. The van der Waals surface area contributed by atoms with Crippen molar-refractivity contribution < 1.29 is 0 Å². The zero-order chi connectivity index (χ0) is 15.8. The van der Waals surface area contributed by atoms with E-state index in [1.54, 1.807) is 0 Å². The van der Waals surface area contributed by atoms with Crippen LogP contribution in [0.15, 0.2) is 48.6 Å². The van der Waals surface area contributed by atoms with Crippen molar-refractivity contribution in [3.8, 4) is 0 Å². The summed E-state index contributed by atoms with van der Waals surface area (Å²) in [5.74, 6) is 0.649. The Kier molecular flexibility index (Phi) is 7.22. The maximum Gasteiger partial charge on any atom is -0.00108 e. The molecule has 0 saturated carbocycles. The maximum absolute atomic E-state index is 3.98. The lowest BCUT2D eigenvalue weighted by atomic mass is 9.89. The van der Waals surface area contributed by atoms with Crippen LogP contribution in [0.4, 0.5) is 0 Å². The first-order chi connectivity index (χ1) is 10.2. The van der Waals surface area contributed by atoms with Gasteiger partial charge in [-0.3, -0.25) is 0 Å². The SMILES string of the molecule is C=CC1=C(/C=C\C)c2cccc(C(C)CCC)c2C1.CC. The van der Waals surface area contributed by atoms with Crippen LogP contribution in [0.25, 0.3) is 5.57 Å². The van der Waals surface area contributed by atoms with Gasteiger partial charge in [-0.1, -0.05) is 77.1 Å². The standard InChI is InChI=1S/C19H24.C2H6/c1-5-9-14(4)16-11-8-12-18-17(10-6-2)15(7-3)13-19(16)18;1-2/h6-8,10-12,14H,3,5,9,13H2,1-2,4H3;1-2H3/b10-6-;. The van der Waals surface area contributed by atoms with Gasteiger partial charge in [0.2, 0.25) is 0 Å². The number of rotatable bonds is 5. The number of hydrogen-bond donors (Lipinski definition) is 0. The molecule has 1 aliphatic carbocycles. The van der Waals surface area contributed by atoms with E-state index < -0.39 is 0 Å². The van der Waals surface area contributed by atoms with E-state index in [0.29, 0.717) is 5.92 Å².